The first-order valence-corrected chi connectivity index (χ1v) is 8.53. The Morgan fingerprint density at radius 2 is 1.90 bits per heavy atom. The maximum Gasteiger partial charge on any atom is 0.211 e. The SMILES string of the molecule is Nc1cccc2oc(CS(=O)(=O)c3ccccc3Br)nc12. The molecule has 108 valence electrons. The molecule has 0 aliphatic carbocycles. The molecule has 0 atom stereocenters. The number of aromatic nitrogens is 1. The van der Waals surface area contributed by atoms with Gasteiger partial charge in [0.25, 0.3) is 0 Å². The van der Waals surface area contributed by atoms with E-state index in [9.17, 15) is 8.42 Å². The lowest BCUT2D eigenvalue weighted by atomic mass is 10.3. The largest absolute Gasteiger partial charge is 0.439 e. The van der Waals surface area contributed by atoms with Crippen LogP contribution in [-0.2, 0) is 15.6 Å². The average molecular weight is 367 g/mol. The second-order valence-corrected chi connectivity index (χ2v) is 7.30. The van der Waals surface area contributed by atoms with E-state index in [0.717, 1.165) is 0 Å². The summed E-state index contributed by atoms with van der Waals surface area (Å²) < 4.78 is 30.8. The van der Waals surface area contributed by atoms with E-state index >= 15 is 0 Å². The standard InChI is InChI=1S/C14H11BrN2O3S/c15-9-4-1-2-7-12(9)21(18,19)8-13-17-14-10(16)5-3-6-11(14)20-13/h1-7H,8,16H2. The Balaban J connectivity index is 2.02. The smallest absolute Gasteiger partial charge is 0.211 e. The van der Waals surface area contributed by atoms with Crippen LogP contribution in [0.15, 0.2) is 56.2 Å². The summed E-state index contributed by atoms with van der Waals surface area (Å²) in [6, 6.07) is 11.8. The molecule has 1 aromatic heterocycles. The van der Waals surface area contributed by atoms with Gasteiger partial charge < -0.3 is 10.2 Å². The first-order valence-electron chi connectivity index (χ1n) is 6.08. The van der Waals surface area contributed by atoms with Gasteiger partial charge in [0.05, 0.1) is 10.6 Å². The minimum Gasteiger partial charge on any atom is -0.439 e. The van der Waals surface area contributed by atoms with E-state index in [-0.39, 0.29) is 16.5 Å². The van der Waals surface area contributed by atoms with Gasteiger partial charge in [-0.05, 0) is 40.2 Å². The number of fused-ring (bicyclic) bond motifs is 1. The van der Waals surface area contributed by atoms with E-state index in [1.165, 1.54) is 6.07 Å². The van der Waals surface area contributed by atoms with E-state index in [1.807, 2.05) is 0 Å². The van der Waals surface area contributed by atoms with Gasteiger partial charge in [0.15, 0.2) is 15.4 Å². The number of nitrogens with two attached hydrogens (primary N) is 1. The summed E-state index contributed by atoms with van der Waals surface area (Å²) in [5, 5.41) is 0. The molecule has 0 saturated carbocycles. The number of oxazole rings is 1. The van der Waals surface area contributed by atoms with Crippen LogP contribution in [0.5, 0.6) is 0 Å². The maximum absolute atomic E-state index is 12.4. The lowest BCUT2D eigenvalue weighted by molar-refractivity contribution is 0.540. The highest BCUT2D eigenvalue weighted by molar-refractivity contribution is 9.10. The maximum atomic E-state index is 12.4. The predicted molar refractivity (Wildman–Crippen MR) is 83.5 cm³/mol. The Bertz CT molecular complexity index is 919. The third kappa shape index (κ3) is 2.66. The molecule has 0 aliphatic heterocycles. The van der Waals surface area contributed by atoms with Gasteiger partial charge in [-0.1, -0.05) is 18.2 Å². The molecule has 0 radical (unpaired) electrons. The van der Waals surface area contributed by atoms with Gasteiger partial charge in [0.2, 0.25) is 5.89 Å². The van der Waals surface area contributed by atoms with Gasteiger partial charge in [-0.3, -0.25) is 0 Å². The van der Waals surface area contributed by atoms with Crippen molar-refractivity contribution in [1.82, 2.24) is 4.98 Å². The van der Waals surface area contributed by atoms with Crippen LogP contribution in [0.2, 0.25) is 0 Å². The third-order valence-electron chi connectivity index (χ3n) is 2.98. The highest BCUT2D eigenvalue weighted by Gasteiger charge is 2.21. The number of benzene rings is 2. The van der Waals surface area contributed by atoms with Gasteiger partial charge in [-0.2, -0.15) is 0 Å². The molecule has 2 N–H and O–H groups in total. The number of hydrogen-bond acceptors (Lipinski definition) is 5. The second-order valence-electron chi connectivity index (χ2n) is 4.49. The predicted octanol–water partition coefficient (Wildman–Crippen LogP) is 3.15. The summed E-state index contributed by atoms with van der Waals surface area (Å²) in [7, 11) is -3.55. The molecule has 0 spiro atoms. The molecule has 7 heteroatoms. The number of nitrogen functional groups attached to an aromatic ring is 1. The monoisotopic (exact) mass is 366 g/mol. The fraction of sp³-hybridized carbons (Fsp3) is 0.0714. The van der Waals surface area contributed by atoms with Crippen LogP contribution in [0, 0.1) is 0 Å². The van der Waals surface area contributed by atoms with E-state index < -0.39 is 9.84 Å². The van der Waals surface area contributed by atoms with E-state index in [1.54, 1.807) is 36.4 Å². The normalized spacial score (nSPS) is 11.9. The van der Waals surface area contributed by atoms with Crippen LogP contribution in [0.3, 0.4) is 0 Å². The summed E-state index contributed by atoms with van der Waals surface area (Å²) in [4.78, 5) is 4.38. The van der Waals surface area contributed by atoms with Gasteiger partial charge >= 0.3 is 0 Å². The number of anilines is 1. The Labute approximate surface area is 129 Å². The molecule has 0 amide bonds. The van der Waals surface area contributed by atoms with Crippen molar-refractivity contribution in [2.24, 2.45) is 0 Å². The zero-order chi connectivity index (χ0) is 15.0. The summed E-state index contributed by atoms with van der Waals surface area (Å²) in [5.41, 5.74) is 7.21. The summed E-state index contributed by atoms with van der Waals surface area (Å²) in [6.45, 7) is 0. The molecular formula is C14H11BrN2O3S. The molecule has 0 saturated heterocycles. The zero-order valence-corrected chi connectivity index (χ0v) is 13.2. The Hall–Kier alpha value is -1.86. The van der Waals surface area contributed by atoms with Crippen molar-refractivity contribution in [2.75, 3.05) is 5.73 Å². The Kier molecular flexibility index (Phi) is 3.46. The van der Waals surface area contributed by atoms with Crippen LogP contribution in [0.1, 0.15) is 5.89 Å². The fourth-order valence-electron chi connectivity index (χ4n) is 2.01. The number of rotatable bonds is 3. The van der Waals surface area contributed by atoms with Crippen LogP contribution in [-0.4, -0.2) is 13.4 Å². The van der Waals surface area contributed by atoms with Crippen LogP contribution < -0.4 is 5.73 Å². The lowest BCUT2D eigenvalue weighted by Crippen LogP contribution is -2.06. The third-order valence-corrected chi connectivity index (χ3v) is 5.59. The molecule has 21 heavy (non-hydrogen) atoms. The summed E-state index contributed by atoms with van der Waals surface area (Å²) in [6.07, 6.45) is 0. The topological polar surface area (TPSA) is 86.2 Å². The number of para-hydroxylation sites is 1. The van der Waals surface area contributed by atoms with E-state index in [0.29, 0.717) is 21.3 Å². The minimum atomic E-state index is -3.55. The number of halogens is 1. The molecule has 3 rings (SSSR count). The van der Waals surface area contributed by atoms with E-state index in [2.05, 4.69) is 20.9 Å². The van der Waals surface area contributed by atoms with Crippen molar-refractivity contribution in [2.45, 2.75) is 10.6 Å². The number of sulfone groups is 1. The van der Waals surface area contributed by atoms with Crippen molar-refractivity contribution in [3.63, 3.8) is 0 Å². The van der Waals surface area contributed by atoms with Gasteiger partial charge in [-0.15, -0.1) is 0 Å². The highest BCUT2D eigenvalue weighted by atomic mass is 79.9. The number of hydrogen-bond donors (Lipinski definition) is 1. The molecule has 0 aliphatic rings. The first-order chi connectivity index (χ1) is 9.97. The van der Waals surface area contributed by atoms with Crippen LogP contribution in [0.25, 0.3) is 11.1 Å². The second kappa shape index (κ2) is 5.16. The fourth-order valence-corrected chi connectivity index (χ4v) is 4.29. The van der Waals surface area contributed by atoms with E-state index in [4.69, 9.17) is 10.2 Å². The van der Waals surface area contributed by atoms with Gasteiger partial charge in [-0.25, -0.2) is 13.4 Å². The Morgan fingerprint density at radius 1 is 1.14 bits per heavy atom. The van der Waals surface area contributed by atoms with Crippen LogP contribution >= 0.6 is 15.9 Å². The highest BCUT2D eigenvalue weighted by Crippen LogP contribution is 2.27. The molecule has 2 aromatic carbocycles. The van der Waals surface area contributed by atoms with Crippen molar-refractivity contribution in [1.29, 1.82) is 0 Å². The summed E-state index contributed by atoms with van der Waals surface area (Å²) >= 11 is 3.24. The first kappa shape index (κ1) is 14.1. The average Bonchev–Trinajstić information content (AvgIpc) is 2.82. The molecular weight excluding hydrogens is 356 g/mol. The molecule has 0 bridgehead atoms. The molecule has 5 nitrogen and oxygen atoms in total. The van der Waals surface area contributed by atoms with Gasteiger partial charge in [0, 0.05) is 4.47 Å². The quantitative estimate of drug-likeness (QED) is 0.719. The van der Waals surface area contributed by atoms with Crippen molar-refractivity contribution >= 4 is 42.6 Å². The van der Waals surface area contributed by atoms with Crippen LogP contribution in [0.4, 0.5) is 5.69 Å². The number of nitrogens with zero attached hydrogens (tertiary/aromatic N) is 1. The Morgan fingerprint density at radius 3 is 2.62 bits per heavy atom. The lowest BCUT2D eigenvalue weighted by Gasteiger charge is -2.03. The van der Waals surface area contributed by atoms with Crippen molar-refractivity contribution in [3.05, 3.63) is 52.8 Å². The molecule has 1 heterocycles. The molecule has 0 unspecified atom stereocenters. The summed E-state index contributed by atoms with van der Waals surface area (Å²) in [5.74, 6) is -0.192. The van der Waals surface area contributed by atoms with Gasteiger partial charge in [0.1, 0.15) is 11.3 Å². The van der Waals surface area contributed by atoms with Crippen molar-refractivity contribution in [3.8, 4) is 0 Å². The molecule has 3 aromatic rings. The molecule has 0 fully saturated rings. The zero-order valence-electron chi connectivity index (χ0n) is 10.8. The van der Waals surface area contributed by atoms with Crippen molar-refractivity contribution < 1.29 is 12.8 Å². The minimum absolute atomic E-state index is 0.124.